The Balaban J connectivity index is 1.60. The van der Waals surface area contributed by atoms with Crippen LogP contribution in [-0.4, -0.2) is 34.6 Å². The third-order valence-corrected chi connectivity index (χ3v) is 5.77. The van der Waals surface area contributed by atoms with Crippen LogP contribution in [0, 0.1) is 5.82 Å². The molecule has 146 valence electrons. The number of benzene rings is 2. The molecule has 1 aliphatic rings. The van der Waals surface area contributed by atoms with E-state index in [2.05, 4.69) is 14.8 Å². The largest absolute Gasteiger partial charge is 0.497 e. The quantitative estimate of drug-likeness (QED) is 0.545. The van der Waals surface area contributed by atoms with Crippen molar-refractivity contribution < 1.29 is 13.9 Å². The van der Waals surface area contributed by atoms with Crippen molar-refractivity contribution in [3.8, 4) is 17.1 Å². The normalized spacial score (nSPS) is 16.4. The molecule has 28 heavy (non-hydrogen) atoms. The van der Waals surface area contributed by atoms with Crippen LogP contribution < -0.4 is 4.74 Å². The third-order valence-electron chi connectivity index (χ3n) is 4.73. The molecule has 5 nitrogen and oxygen atoms in total. The fourth-order valence-electron chi connectivity index (χ4n) is 3.28. The van der Waals surface area contributed by atoms with Gasteiger partial charge in [-0.2, -0.15) is 0 Å². The van der Waals surface area contributed by atoms with Crippen molar-refractivity contribution in [2.24, 2.45) is 0 Å². The van der Waals surface area contributed by atoms with Gasteiger partial charge in [0.1, 0.15) is 11.6 Å². The van der Waals surface area contributed by atoms with Crippen molar-refractivity contribution in [3.05, 3.63) is 59.9 Å². The van der Waals surface area contributed by atoms with E-state index >= 15 is 0 Å². The highest BCUT2D eigenvalue weighted by atomic mass is 32.2. The number of aromatic nitrogens is 3. The van der Waals surface area contributed by atoms with Crippen molar-refractivity contribution >= 4 is 11.8 Å². The molecule has 0 amide bonds. The van der Waals surface area contributed by atoms with Crippen LogP contribution in [0.15, 0.2) is 53.7 Å². The number of hydrogen-bond donors (Lipinski definition) is 0. The molecule has 0 N–H and O–H groups in total. The highest BCUT2D eigenvalue weighted by molar-refractivity contribution is 7.98. The van der Waals surface area contributed by atoms with Crippen LogP contribution >= 0.6 is 11.8 Å². The molecule has 0 radical (unpaired) electrons. The van der Waals surface area contributed by atoms with E-state index < -0.39 is 0 Å². The Hall–Kier alpha value is -2.38. The van der Waals surface area contributed by atoms with Crippen molar-refractivity contribution in [3.63, 3.8) is 0 Å². The van der Waals surface area contributed by atoms with Crippen molar-refractivity contribution in [2.75, 3.05) is 13.7 Å². The minimum atomic E-state index is -0.224. The Morgan fingerprint density at radius 1 is 1.21 bits per heavy atom. The van der Waals surface area contributed by atoms with Gasteiger partial charge in [0.15, 0.2) is 11.0 Å². The molecule has 0 saturated carbocycles. The molecule has 1 atom stereocenters. The molecular weight excluding hydrogens is 377 g/mol. The molecular formula is C21H22FN3O2S. The smallest absolute Gasteiger partial charge is 0.191 e. The van der Waals surface area contributed by atoms with Crippen LogP contribution in [0.2, 0.25) is 0 Å². The number of thioether (sulfide) groups is 1. The number of halogens is 1. The lowest BCUT2D eigenvalue weighted by Crippen LogP contribution is -2.16. The predicted octanol–water partition coefficient (Wildman–Crippen LogP) is 4.56. The average molecular weight is 399 g/mol. The highest BCUT2D eigenvalue weighted by Crippen LogP contribution is 2.29. The molecule has 2 aromatic carbocycles. The fourth-order valence-corrected chi connectivity index (χ4v) is 4.17. The first kappa shape index (κ1) is 19.0. The average Bonchev–Trinajstić information content (AvgIpc) is 3.37. The zero-order valence-electron chi connectivity index (χ0n) is 15.7. The van der Waals surface area contributed by atoms with Gasteiger partial charge < -0.3 is 9.47 Å². The van der Waals surface area contributed by atoms with Gasteiger partial charge in [-0.25, -0.2) is 4.39 Å². The van der Waals surface area contributed by atoms with Gasteiger partial charge >= 0.3 is 0 Å². The lowest BCUT2D eigenvalue weighted by molar-refractivity contribution is 0.0953. The lowest BCUT2D eigenvalue weighted by Gasteiger charge is -2.15. The summed E-state index contributed by atoms with van der Waals surface area (Å²) in [5.41, 5.74) is 1.89. The minimum Gasteiger partial charge on any atom is -0.497 e. The second-order valence-corrected chi connectivity index (χ2v) is 7.64. The van der Waals surface area contributed by atoms with Gasteiger partial charge in [0.05, 0.1) is 19.8 Å². The zero-order chi connectivity index (χ0) is 19.3. The molecule has 0 bridgehead atoms. The number of nitrogens with zero attached hydrogens (tertiary/aromatic N) is 3. The lowest BCUT2D eigenvalue weighted by atomic mass is 10.2. The Kier molecular flexibility index (Phi) is 5.92. The maximum Gasteiger partial charge on any atom is 0.191 e. The van der Waals surface area contributed by atoms with Crippen LogP contribution in [0.25, 0.3) is 11.4 Å². The van der Waals surface area contributed by atoms with Crippen LogP contribution in [0.4, 0.5) is 4.39 Å². The predicted molar refractivity (Wildman–Crippen MR) is 107 cm³/mol. The number of rotatable bonds is 7. The molecule has 1 fully saturated rings. The first-order chi connectivity index (χ1) is 13.7. The van der Waals surface area contributed by atoms with Gasteiger partial charge in [0, 0.05) is 17.9 Å². The third kappa shape index (κ3) is 4.36. The summed E-state index contributed by atoms with van der Waals surface area (Å²) in [6.45, 7) is 1.51. The minimum absolute atomic E-state index is 0.168. The van der Waals surface area contributed by atoms with E-state index in [1.807, 2.05) is 30.3 Å². The van der Waals surface area contributed by atoms with E-state index in [0.29, 0.717) is 12.3 Å². The van der Waals surface area contributed by atoms with Crippen molar-refractivity contribution in [1.82, 2.24) is 14.8 Å². The Labute approximate surface area is 167 Å². The Bertz CT molecular complexity index is 924. The second kappa shape index (κ2) is 8.75. The van der Waals surface area contributed by atoms with E-state index in [1.165, 1.54) is 6.07 Å². The number of ether oxygens (including phenoxy) is 2. The molecule has 0 aliphatic carbocycles. The van der Waals surface area contributed by atoms with E-state index in [1.54, 1.807) is 31.0 Å². The molecule has 0 spiro atoms. The summed E-state index contributed by atoms with van der Waals surface area (Å²) in [7, 11) is 1.65. The standard InChI is InChI=1S/C21H22FN3O2S/c1-26-18-9-7-16(8-10-18)20-23-24-21(25(20)13-19-6-3-11-27-19)28-14-15-4-2-5-17(22)12-15/h2,4-5,7-10,12,19H,3,6,11,13-14H2,1H3. The summed E-state index contributed by atoms with van der Waals surface area (Å²) in [6, 6.07) is 14.5. The van der Waals surface area contributed by atoms with Crippen molar-refractivity contribution in [2.45, 2.75) is 36.4 Å². The van der Waals surface area contributed by atoms with Gasteiger partial charge in [0.2, 0.25) is 0 Å². The van der Waals surface area contributed by atoms with Crippen LogP contribution in [0.1, 0.15) is 18.4 Å². The maximum atomic E-state index is 13.5. The van der Waals surface area contributed by atoms with Gasteiger partial charge in [-0.15, -0.1) is 10.2 Å². The molecule has 4 rings (SSSR count). The highest BCUT2D eigenvalue weighted by Gasteiger charge is 2.22. The molecule has 1 aromatic heterocycles. The number of methoxy groups -OCH3 is 1. The second-order valence-electron chi connectivity index (χ2n) is 6.70. The fraction of sp³-hybridized carbons (Fsp3) is 0.333. The van der Waals surface area contributed by atoms with Gasteiger partial charge in [-0.1, -0.05) is 23.9 Å². The maximum absolute atomic E-state index is 13.5. The topological polar surface area (TPSA) is 49.2 Å². The molecule has 1 saturated heterocycles. The van der Waals surface area contributed by atoms with E-state index in [0.717, 1.165) is 47.3 Å². The summed E-state index contributed by atoms with van der Waals surface area (Å²) in [6.07, 6.45) is 2.28. The summed E-state index contributed by atoms with van der Waals surface area (Å²) < 4.78 is 26.7. The van der Waals surface area contributed by atoms with E-state index in [9.17, 15) is 4.39 Å². The van der Waals surface area contributed by atoms with E-state index in [4.69, 9.17) is 9.47 Å². The monoisotopic (exact) mass is 399 g/mol. The SMILES string of the molecule is COc1ccc(-c2nnc(SCc3cccc(F)c3)n2CC2CCCO2)cc1. The summed E-state index contributed by atoms with van der Waals surface area (Å²) in [4.78, 5) is 0. The molecule has 3 aromatic rings. The molecule has 1 unspecified atom stereocenters. The van der Waals surface area contributed by atoms with Gasteiger partial charge in [0.25, 0.3) is 0 Å². The molecule has 1 aliphatic heterocycles. The summed E-state index contributed by atoms with van der Waals surface area (Å²) in [5.74, 6) is 2.01. The first-order valence-electron chi connectivity index (χ1n) is 9.29. The zero-order valence-corrected chi connectivity index (χ0v) is 16.5. The van der Waals surface area contributed by atoms with Crippen molar-refractivity contribution in [1.29, 1.82) is 0 Å². The van der Waals surface area contributed by atoms with Crippen LogP contribution in [0.3, 0.4) is 0 Å². The molecule has 2 heterocycles. The van der Waals surface area contributed by atoms with E-state index in [-0.39, 0.29) is 11.9 Å². The first-order valence-corrected chi connectivity index (χ1v) is 10.3. The summed E-state index contributed by atoms with van der Waals surface area (Å²) >= 11 is 1.56. The van der Waals surface area contributed by atoms with Gasteiger partial charge in [-0.3, -0.25) is 4.57 Å². The summed E-state index contributed by atoms with van der Waals surface area (Å²) in [5, 5.41) is 9.66. The Morgan fingerprint density at radius 2 is 2.07 bits per heavy atom. The van der Waals surface area contributed by atoms with Crippen LogP contribution in [-0.2, 0) is 17.0 Å². The number of hydrogen-bond acceptors (Lipinski definition) is 5. The van der Waals surface area contributed by atoms with Gasteiger partial charge in [-0.05, 0) is 54.8 Å². The van der Waals surface area contributed by atoms with Crippen LogP contribution in [0.5, 0.6) is 5.75 Å². The Morgan fingerprint density at radius 3 is 2.79 bits per heavy atom. The molecule has 7 heteroatoms.